The van der Waals surface area contributed by atoms with E-state index in [9.17, 15) is 4.79 Å². The minimum absolute atomic E-state index is 0.311. The predicted molar refractivity (Wildman–Crippen MR) is 48.5 cm³/mol. The highest BCUT2D eigenvalue weighted by Gasteiger charge is 2.12. The van der Waals surface area contributed by atoms with Gasteiger partial charge in [0.15, 0.2) is 5.82 Å². The Bertz CT molecular complexity index is 276. The Hall–Kier alpha value is -0.490. The van der Waals surface area contributed by atoms with Crippen molar-refractivity contribution in [2.45, 2.75) is 12.3 Å². The lowest BCUT2D eigenvalue weighted by molar-refractivity contribution is 0.0526. The van der Waals surface area contributed by atoms with E-state index in [1.165, 1.54) is 0 Å². The summed E-state index contributed by atoms with van der Waals surface area (Å²) in [5.41, 5.74) is 0. The predicted octanol–water partition coefficient (Wildman–Crippen LogP) is 1.61. The van der Waals surface area contributed by atoms with Gasteiger partial charge in [0.25, 0.3) is 0 Å². The first-order valence-corrected chi connectivity index (χ1v) is 5.23. The molecule has 12 heavy (non-hydrogen) atoms. The van der Waals surface area contributed by atoms with Crippen molar-refractivity contribution in [2.24, 2.45) is 0 Å². The van der Waals surface area contributed by atoms with E-state index < -0.39 is 5.97 Å². The molecule has 0 aromatic carbocycles. The standard InChI is InChI=1S/C6H7BrN2O2S/c1-2-11-6(10)5-8-4(3-7)9-12-5/h2-3H2,1H3. The van der Waals surface area contributed by atoms with E-state index >= 15 is 0 Å². The third-order valence-corrected chi connectivity index (χ3v) is 2.27. The van der Waals surface area contributed by atoms with Crippen LogP contribution in [0.4, 0.5) is 0 Å². The summed E-state index contributed by atoms with van der Waals surface area (Å²) < 4.78 is 8.66. The number of aromatic nitrogens is 2. The van der Waals surface area contributed by atoms with E-state index in [1.807, 2.05) is 0 Å². The molecule has 0 N–H and O–H groups in total. The zero-order chi connectivity index (χ0) is 8.97. The summed E-state index contributed by atoms with van der Waals surface area (Å²) >= 11 is 4.24. The van der Waals surface area contributed by atoms with Crippen LogP contribution in [-0.2, 0) is 10.1 Å². The van der Waals surface area contributed by atoms with E-state index in [0.717, 1.165) is 11.5 Å². The molecule has 0 aliphatic heterocycles. The van der Waals surface area contributed by atoms with Crippen LogP contribution in [0.2, 0.25) is 0 Å². The molecule has 0 atom stereocenters. The summed E-state index contributed by atoms with van der Waals surface area (Å²) in [6.07, 6.45) is 0. The summed E-state index contributed by atoms with van der Waals surface area (Å²) in [5, 5.41) is 0.870. The Morgan fingerprint density at radius 1 is 1.75 bits per heavy atom. The third kappa shape index (κ3) is 2.25. The van der Waals surface area contributed by atoms with Gasteiger partial charge in [0.1, 0.15) is 0 Å². The lowest BCUT2D eigenvalue weighted by atomic mass is 10.6. The summed E-state index contributed by atoms with van der Waals surface area (Å²) in [4.78, 5) is 15.0. The quantitative estimate of drug-likeness (QED) is 0.605. The summed E-state index contributed by atoms with van der Waals surface area (Å²) in [6.45, 7) is 2.12. The average molecular weight is 251 g/mol. The number of rotatable bonds is 3. The van der Waals surface area contributed by atoms with Gasteiger partial charge in [-0.1, -0.05) is 15.9 Å². The van der Waals surface area contributed by atoms with Crippen LogP contribution in [0.15, 0.2) is 0 Å². The summed E-state index contributed by atoms with van der Waals surface area (Å²) in [7, 11) is 0. The van der Waals surface area contributed by atoms with Gasteiger partial charge in [-0.15, -0.1) is 0 Å². The molecule has 0 fully saturated rings. The van der Waals surface area contributed by atoms with Crippen molar-refractivity contribution in [3.63, 3.8) is 0 Å². The van der Waals surface area contributed by atoms with Crippen LogP contribution in [0.1, 0.15) is 22.6 Å². The molecule has 1 aromatic heterocycles. The number of ether oxygens (including phenoxy) is 1. The minimum Gasteiger partial charge on any atom is -0.461 e. The van der Waals surface area contributed by atoms with Crippen LogP contribution in [-0.4, -0.2) is 21.9 Å². The van der Waals surface area contributed by atoms with Gasteiger partial charge < -0.3 is 4.74 Å². The Labute approximate surface area is 82.3 Å². The van der Waals surface area contributed by atoms with E-state index in [0.29, 0.717) is 22.8 Å². The molecule has 0 saturated heterocycles. The summed E-state index contributed by atoms with van der Waals surface area (Å²) in [6, 6.07) is 0. The molecule has 4 nitrogen and oxygen atoms in total. The van der Waals surface area contributed by atoms with Crippen molar-refractivity contribution < 1.29 is 9.53 Å². The Morgan fingerprint density at radius 2 is 2.50 bits per heavy atom. The molecular weight excluding hydrogens is 244 g/mol. The van der Waals surface area contributed by atoms with Gasteiger partial charge in [-0.05, 0) is 18.5 Å². The number of alkyl halides is 1. The van der Waals surface area contributed by atoms with Crippen molar-refractivity contribution in [1.82, 2.24) is 9.36 Å². The topological polar surface area (TPSA) is 52.1 Å². The number of esters is 1. The number of halogens is 1. The van der Waals surface area contributed by atoms with Gasteiger partial charge in [-0.25, -0.2) is 9.78 Å². The second-order valence-electron chi connectivity index (χ2n) is 1.87. The molecule has 1 heterocycles. The fourth-order valence-corrected chi connectivity index (χ4v) is 1.58. The van der Waals surface area contributed by atoms with Crippen LogP contribution >= 0.6 is 27.5 Å². The number of hydrogen-bond acceptors (Lipinski definition) is 5. The smallest absolute Gasteiger partial charge is 0.369 e. The maximum atomic E-state index is 11.0. The van der Waals surface area contributed by atoms with Crippen LogP contribution in [0.5, 0.6) is 0 Å². The first-order valence-electron chi connectivity index (χ1n) is 3.33. The van der Waals surface area contributed by atoms with Gasteiger partial charge in [-0.3, -0.25) is 0 Å². The van der Waals surface area contributed by atoms with Crippen molar-refractivity contribution >= 4 is 33.4 Å². The third-order valence-electron chi connectivity index (χ3n) is 1.04. The van der Waals surface area contributed by atoms with Crippen LogP contribution < -0.4 is 0 Å². The molecule has 0 radical (unpaired) electrons. The van der Waals surface area contributed by atoms with Gasteiger partial charge in [-0.2, -0.15) is 4.37 Å². The second kappa shape index (κ2) is 4.51. The molecule has 1 rings (SSSR count). The Kier molecular flexibility index (Phi) is 3.61. The Balaban J connectivity index is 2.68. The first kappa shape index (κ1) is 9.60. The highest BCUT2D eigenvalue weighted by Crippen LogP contribution is 2.08. The van der Waals surface area contributed by atoms with Crippen molar-refractivity contribution in [2.75, 3.05) is 6.61 Å². The monoisotopic (exact) mass is 250 g/mol. The van der Waals surface area contributed by atoms with Gasteiger partial charge in [0, 0.05) is 0 Å². The average Bonchev–Trinajstić information content (AvgIpc) is 2.52. The van der Waals surface area contributed by atoms with E-state index in [1.54, 1.807) is 6.92 Å². The second-order valence-corrected chi connectivity index (χ2v) is 3.18. The maximum absolute atomic E-state index is 11.0. The van der Waals surface area contributed by atoms with Crippen molar-refractivity contribution in [1.29, 1.82) is 0 Å². The molecule has 0 spiro atoms. The molecule has 0 aliphatic carbocycles. The molecule has 0 saturated carbocycles. The number of carbonyl (C=O) groups excluding carboxylic acids is 1. The minimum atomic E-state index is -0.401. The summed E-state index contributed by atoms with van der Waals surface area (Å²) in [5.74, 6) is 0.213. The van der Waals surface area contributed by atoms with Crippen LogP contribution in [0.25, 0.3) is 0 Å². The molecule has 66 valence electrons. The fraction of sp³-hybridized carbons (Fsp3) is 0.500. The Morgan fingerprint density at radius 3 is 3.00 bits per heavy atom. The normalized spacial score (nSPS) is 9.83. The van der Waals surface area contributed by atoms with Crippen molar-refractivity contribution in [3.8, 4) is 0 Å². The van der Waals surface area contributed by atoms with Gasteiger partial charge >= 0.3 is 5.97 Å². The SMILES string of the molecule is CCOC(=O)c1nc(CBr)ns1. The molecule has 0 unspecified atom stereocenters. The molecule has 0 bridgehead atoms. The lowest BCUT2D eigenvalue weighted by Gasteiger charge is -1.94. The zero-order valence-corrected chi connectivity index (χ0v) is 8.81. The molecule has 0 aliphatic rings. The maximum Gasteiger partial charge on any atom is 0.369 e. The largest absolute Gasteiger partial charge is 0.461 e. The zero-order valence-electron chi connectivity index (χ0n) is 6.41. The highest BCUT2D eigenvalue weighted by atomic mass is 79.9. The molecule has 0 amide bonds. The first-order chi connectivity index (χ1) is 5.77. The van der Waals surface area contributed by atoms with Gasteiger partial charge in [0.05, 0.1) is 11.9 Å². The van der Waals surface area contributed by atoms with E-state index in [4.69, 9.17) is 4.74 Å². The number of carbonyl (C=O) groups is 1. The van der Waals surface area contributed by atoms with Crippen LogP contribution in [0.3, 0.4) is 0 Å². The van der Waals surface area contributed by atoms with Crippen LogP contribution in [0, 0.1) is 0 Å². The van der Waals surface area contributed by atoms with Crippen molar-refractivity contribution in [3.05, 3.63) is 10.8 Å². The van der Waals surface area contributed by atoms with E-state index in [-0.39, 0.29) is 0 Å². The molecule has 6 heteroatoms. The fourth-order valence-electron chi connectivity index (χ4n) is 0.584. The number of hydrogen-bond donors (Lipinski definition) is 0. The molecule has 1 aromatic rings. The highest BCUT2D eigenvalue weighted by molar-refractivity contribution is 9.08. The molecular formula is C6H7BrN2O2S. The van der Waals surface area contributed by atoms with Gasteiger partial charge in [0.2, 0.25) is 5.01 Å². The lowest BCUT2D eigenvalue weighted by Crippen LogP contribution is -2.03. The van der Waals surface area contributed by atoms with E-state index in [2.05, 4.69) is 25.3 Å². The number of nitrogens with zero attached hydrogens (tertiary/aromatic N) is 2.